The number of nitrogens with zero attached hydrogens (tertiary/aromatic N) is 2. The van der Waals surface area contributed by atoms with Crippen LogP contribution in [0.4, 0.5) is 17.6 Å². The summed E-state index contributed by atoms with van der Waals surface area (Å²) in [5.41, 5.74) is -1.45. The van der Waals surface area contributed by atoms with E-state index in [1.165, 1.54) is 0 Å². The Morgan fingerprint density at radius 3 is 2.50 bits per heavy atom. The van der Waals surface area contributed by atoms with Gasteiger partial charge >= 0.3 is 6.18 Å². The number of alkyl halides is 3. The molecule has 0 aliphatic carbocycles. The van der Waals surface area contributed by atoms with E-state index in [1.807, 2.05) is 0 Å². The molecule has 0 radical (unpaired) electrons. The molecule has 0 spiro atoms. The second kappa shape index (κ2) is 5.41. The lowest BCUT2D eigenvalue weighted by molar-refractivity contribution is -0.140. The third-order valence-corrected chi connectivity index (χ3v) is 2.58. The molecule has 106 valence electrons. The van der Waals surface area contributed by atoms with Crippen LogP contribution < -0.4 is 4.74 Å². The molecule has 20 heavy (non-hydrogen) atoms. The summed E-state index contributed by atoms with van der Waals surface area (Å²) in [5, 5.41) is -0.241. The molecule has 0 aliphatic rings. The SMILES string of the molecule is Fc1ccc(Oc2nc(Cl)ncc2Cl)cc1C(F)(F)F. The summed E-state index contributed by atoms with van der Waals surface area (Å²) in [5.74, 6) is -1.92. The first-order chi connectivity index (χ1) is 9.27. The Morgan fingerprint density at radius 1 is 1.15 bits per heavy atom. The normalized spacial score (nSPS) is 11.5. The summed E-state index contributed by atoms with van der Waals surface area (Å²) in [6, 6.07) is 2.15. The van der Waals surface area contributed by atoms with Gasteiger partial charge in [0, 0.05) is 0 Å². The van der Waals surface area contributed by atoms with Gasteiger partial charge in [0.15, 0.2) is 0 Å². The van der Waals surface area contributed by atoms with Crippen LogP contribution in [0.1, 0.15) is 5.56 Å². The summed E-state index contributed by atoms with van der Waals surface area (Å²) in [6.07, 6.45) is -3.71. The summed E-state index contributed by atoms with van der Waals surface area (Å²) >= 11 is 11.2. The number of hydrogen-bond donors (Lipinski definition) is 0. The lowest BCUT2D eigenvalue weighted by Crippen LogP contribution is -2.08. The Kier molecular flexibility index (Phi) is 4.01. The van der Waals surface area contributed by atoms with Gasteiger partial charge in [0.2, 0.25) is 11.2 Å². The Labute approximate surface area is 120 Å². The van der Waals surface area contributed by atoms with Gasteiger partial charge in [-0.25, -0.2) is 9.37 Å². The van der Waals surface area contributed by atoms with Crippen LogP contribution in [0.3, 0.4) is 0 Å². The van der Waals surface area contributed by atoms with E-state index in [0.717, 1.165) is 12.3 Å². The van der Waals surface area contributed by atoms with E-state index in [-0.39, 0.29) is 21.9 Å². The lowest BCUT2D eigenvalue weighted by Gasteiger charge is -2.11. The van der Waals surface area contributed by atoms with Crippen molar-refractivity contribution in [3.63, 3.8) is 0 Å². The van der Waals surface area contributed by atoms with Gasteiger partial charge in [-0.05, 0) is 29.8 Å². The maximum atomic E-state index is 13.1. The van der Waals surface area contributed by atoms with E-state index < -0.39 is 17.6 Å². The van der Waals surface area contributed by atoms with E-state index in [1.54, 1.807) is 0 Å². The van der Waals surface area contributed by atoms with Crippen LogP contribution in [0.5, 0.6) is 11.6 Å². The minimum absolute atomic E-state index is 0.0488. The minimum Gasteiger partial charge on any atom is -0.437 e. The molecule has 0 bridgehead atoms. The minimum atomic E-state index is -4.84. The zero-order valence-electron chi connectivity index (χ0n) is 9.38. The number of benzene rings is 1. The van der Waals surface area contributed by atoms with Gasteiger partial charge in [-0.2, -0.15) is 18.2 Å². The highest BCUT2D eigenvalue weighted by Crippen LogP contribution is 2.35. The Morgan fingerprint density at radius 2 is 1.85 bits per heavy atom. The molecule has 9 heteroatoms. The number of halogens is 6. The van der Waals surface area contributed by atoms with Crippen molar-refractivity contribution < 1.29 is 22.3 Å². The van der Waals surface area contributed by atoms with Gasteiger partial charge in [-0.3, -0.25) is 0 Å². The highest BCUT2D eigenvalue weighted by molar-refractivity contribution is 6.32. The standard InChI is InChI=1S/C11H4Cl2F4N2O/c12-7-4-18-10(13)19-9(7)20-5-1-2-8(14)6(3-5)11(15,16)17/h1-4H. The Balaban J connectivity index is 2.37. The average Bonchev–Trinajstić information content (AvgIpc) is 2.35. The van der Waals surface area contributed by atoms with Crippen LogP contribution in [0.2, 0.25) is 10.3 Å². The first-order valence-corrected chi connectivity index (χ1v) is 5.75. The molecule has 0 saturated carbocycles. The summed E-state index contributed by atoms with van der Waals surface area (Å²) in [7, 11) is 0. The fourth-order valence-electron chi connectivity index (χ4n) is 1.30. The van der Waals surface area contributed by atoms with Crippen LogP contribution in [0.25, 0.3) is 0 Å². The number of rotatable bonds is 2. The Bertz CT molecular complexity index is 649. The fraction of sp³-hybridized carbons (Fsp3) is 0.0909. The van der Waals surface area contributed by atoms with Crippen molar-refractivity contribution in [3.05, 3.63) is 46.1 Å². The highest BCUT2D eigenvalue weighted by atomic mass is 35.5. The fourth-order valence-corrected chi connectivity index (χ4v) is 1.55. The first kappa shape index (κ1) is 14.8. The second-order valence-corrected chi connectivity index (χ2v) is 4.28. The average molecular weight is 327 g/mol. The molecule has 1 heterocycles. The summed E-state index contributed by atoms with van der Waals surface area (Å²) < 4.78 is 55.8. The van der Waals surface area contributed by atoms with E-state index >= 15 is 0 Å². The molecule has 1 aromatic heterocycles. The third-order valence-electron chi connectivity index (χ3n) is 2.14. The van der Waals surface area contributed by atoms with Crippen molar-refractivity contribution >= 4 is 23.2 Å². The quantitative estimate of drug-likeness (QED) is 0.591. The molecule has 0 saturated heterocycles. The van der Waals surface area contributed by atoms with Crippen LogP contribution in [0, 0.1) is 5.82 Å². The molecule has 2 rings (SSSR count). The van der Waals surface area contributed by atoms with Crippen molar-refractivity contribution in [2.75, 3.05) is 0 Å². The van der Waals surface area contributed by atoms with Crippen LogP contribution in [-0.2, 0) is 6.18 Å². The first-order valence-electron chi connectivity index (χ1n) is 5.00. The molecule has 1 aromatic carbocycles. The van der Waals surface area contributed by atoms with Crippen molar-refractivity contribution in [1.82, 2.24) is 9.97 Å². The summed E-state index contributed by atoms with van der Waals surface area (Å²) in [6.45, 7) is 0. The van der Waals surface area contributed by atoms with Crippen molar-refractivity contribution in [2.45, 2.75) is 6.18 Å². The highest BCUT2D eigenvalue weighted by Gasteiger charge is 2.34. The second-order valence-electron chi connectivity index (χ2n) is 3.53. The van der Waals surface area contributed by atoms with E-state index in [0.29, 0.717) is 12.1 Å². The molecule has 0 amide bonds. The van der Waals surface area contributed by atoms with E-state index in [2.05, 4.69) is 9.97 Å². The predicted octanol–water partition coefficient (Wildman–Crippen LogP) is 4.73. The topological polar surface area (TPSA) is 35.0 Å². The molecule has 0 fully saturated rings. The molecule has 2 aromatic rings. The zero-order valence-corrected chi connectivity index (χ0v) is 10.9. The van der Waals surface area contributed by atoms with Crippen molar-refractivity contribution in [2.24, 2.45) is 0 Å². The monoisotopic (exact) mass is 326 g/mol. The molecular weight excluding hydrogens is 323 g/mol. The molecule has 0 unspecified atom stereocenters. The zero-order chi connectivity index (χ0) is 14.9. The van der Waals surface area contributed by atoms with Crippen LogP contribution in [0.15, 0.2) is 24.4 Å². The summed E-state index contributed by atoms with van der Waals surface area (Å²) in [4.78, 5) is 7.16. The van der Waals surface area contributed by atoms with Crippen molar-refractivity contribution in [3.8, 4) is 11.6 Å². The van der Waals surface area contributed by atoms with Crippen LogP contribution >= 0.6 is 23.2 Å². The van der Waals surface area contributed by atoms with E-state index in [4.69, 9.17) is 27.9 Å². The molecular formula is C11H4Cl2F4N2O. The van der Waals surface area contributed by atoms with Gasteiger partial charge in [-0.1, -0.05) is 11.6 Å². The molecule has 0 atom stereocenters. The van der Waals surface area contributed by atoms with Crippen LogP contribution in [-0.4, -0.2) is 9.97 Å². The van der Waals surface area contributed by atoms with Gasteiger partial charge in [0.1, 0.15) is 16.6 Å². The smallest absolute Gasteiger partial charge is 0.419 e. The maximum absolute atomic E-state index is 13.1. The lowest BCUT2D eigenvalue weighted by atomic mass is 10.2. The molecule has 0 N–H and O–H groups in total. The molecule has 0 aliphatic heterocycles. The van der Waals surface area contributed by atoms with E-state index in [9.17, 15) is 17.6 Å². The predicted molar refractivity (Wildman–Crippen MR) is 63.5 cm³/mol. The van der Waals surface area contributed by atoms with Gasteiger partial charge < -0.3 is 4.74 Å². The third kappa shape index (κ3) is 3.29. The van der Waals surface area contributed by atoms with Gasteiger partial charge in [-0.15, -0.1) is 0 Å². The number of hydrogen-bond acceptors (Lipinski definition) is 3. The maximum Gasteiger partial charge on any atom is 0.419 e. The molecule has 3 nitrogen and oxygen atoms in total. The number of aromatic nitrogens is 2. The van der Waals surface area contributed by atoms with Gasteiger partial charge in [0.25, 0.3) is 0 Å². The van der Waals surface area contributed by atoms with Crippen molar-refractivity contribution in [1.29, 1.82) is 0 Å². The largest absolute Gasteiger partial charge is 0.437 e. The Hall–Kier alpha value is -1.60. The van der Waals surface area contributed by atoms with Gasteiger partial charge in [0.05, 0.1) is 11.8 Å². The number of ether oxygens (including phenoxy) is 1.